The van der Waals surface area contributed by atoms with Crippen molar-refractivity contribution in [2.24, 2.45) is 5.10 Å². The Balaban J connectivity index is 1.31. The summed E-state index contributed by atoms with van der Waals surface area (Å²) < 4.78 is 13.7. The summed E-state index contributed by atoms with van der Waals surface area (Å²) in [5.74, 6) is 1.65. The molecule has 2 heterocycles. The standard InChI is InChI=1S/C29H30N6O2/c1-4-5-16-35-24-9-7-6-8-23(24)27-28(35)31-29(34-32-27)33-30-18-22-14-15-25(26(17-22)36-3)37-19-21-12-10-20(2)11-13-21/h6-15,17-18H,4-5,16,19H2,1-3H3,(H,31,33,34)/b30-18+. The van der Waals surface area contributed by atoms with E-state index in [4.69, 9.17) is 14.5 Å². The largest absolute Gasteiger partial charge is 0.493 e. The molecule has 188 valence electrons. The van der Waals surface area contributed by atoms with Crippen LogP contribution < -0.4 is 14.9 Å². The van der Waals surface area contributed by atoms with Crippen molar-refractivity contribution in [2.45, 2.75) is 39.8 Å². The van der Waals surface area contributed by atoms with Crippen LogP contribution in [0.5, 0.6) is 11.5 Å². The lowest BCUT2D eigenvalue weighted by atomic mass is 10.2. The topological polar surface area (TPSA) is 86.5 Å². The number of rotatable bonds is 10. The molecule has 8 nitrogen and oxygen atoms in total. The number of aryl methyl sites for hydroxylation is 2. The number of hydrogen-bond acceptors (Lipinski definition) is 7. The smallest absolute Gasteiger partial charge is 0.265 e. The lowest BCUT2D eigenvalue weighted by Crippen LogP contribution is -2.03. The van der Waals surface area contributed by atoms with Crippen LogP contribution >= 0.6 is 0 Å². The quantitative estimate of drug-likeness (QED) is 0.186. The van der Waals surface area contributed by atoms with Crippen molar-refractivity contribution in [1.82, 2.24) is 19.7 Å². The zero-order valence-electron chi connectivity index (χ0n) is 21.3. The van der Waals surface area contributed by atoms with Gasteiger partial charge < -0.3 is 14.0 Å². The van der Waals surface area contributed by atoms with Gasteiger partial charge in [-0.15, -0.1) is 10.2 Å². The molecule has 0 aliphatic carbocycles. The lowest BCUT2D eigenvalue weighted by molar-refractivity contribution is 0.284. The molecule has 0 bridgehead atoms. The summed E-state index contributed by atoms with van der Waals surface area (Å²) >= 11 is 0. The number of nitrogens with one attached hydrogen (secondary N) is 1. The Kier molecular flexibility index (Phi) is 7.26. The molecule has 5 rings (SSSR count). The van der Waals surface area contributed by atoms with E-state index in [1.165, 1.54) is 5.56 Å². The van der Waals surface area contributed by atoms with E-state index < -0.39 is 0 Å². The van der Waals surface area contributed by atoms with Crippen molar-refractivity contribution in [3.8, 4) is 11.5 Å². The fourth-order valence-corrected chi connectivity index (χ4v) is 4.19. The Morgan fingerprint density at radius 1 is 1.00 bits per heavy atom. The Labute approximate surface area is 216 Å². The Hall–Kier alpha value is -4.46. The highest BCUT2D eigenvalue weighted by atomic mass is 16.5. The zero-order valence-corrected chi connectivity index (χ0v) is 21.3. The first-order valence-electron chi connectivity index (χ1n) is 12.4. The van der Waals surface area contributed by atoms with E-state index in [1.807, 2.05) is 30.3 Å². The second-order valence-electron chi connectivity index (χ2n) is 8.88. The van der Waals surface area contributed by atoms with Crippen LogP contribution in [0.2, 0.25) is 0 Å². The third-order valence-corrected chi connectivity index (χ3v) is 6.19. The monoisotopic (exact) mass is 494 g/mol. The Bertz CT molecular complexity index is 1540. The summed E-state index contributed by atoms with van der Waals surface area (Å²) in [7, 11) is 1.62. The van der Waals surface area contributed by atoms with Gasteiger partial charge in [-0.25, -0.2) is 5.43 Å². The van der Waals surface area contributed by atoms with Gasteiger partial charge in [-0.2, -0.15) is 10.1 Å². The summed E-state index contributed by atoms with van der Waals surface area (Å²) in [6.45, 7) is 5.59. The normalized spacial score (nSPS) is 11.4. The number of para-hydroxylation sites is 1. The molecule has 0 atom stereocenters. The number of nitrogens with zero attached hydrogens (tertiary/aromatic N) is 5. The molecule has 0 unspecified atom stereocenters. The number of anilines is 1. The van der Waals surface area contributed by atoms with Gasteiger partial charge in [-0.05, 0) is 48.7 Å². The maximum absolute atomic E-state index is 5.97. The molecule has 0 saturated heterocycles. The molecule has 5 aromatic rings. The molecule has 1 N–H and O–H groups in total. The fraction of sp³-hybridized carbons (Fsp3) is 0.241. The average molecular weight is 495 g/mol. The van der Waals surface area contributed by atoms with E-state index in [0.717, 1.165) is 52.6 Å². The van der Waals surface area contributed by atoms with E-state index in [9.17, 15) is 0 Å². The van der Waals surface area contributed by atoms with Gasteiger partial charge >= 0.3 is 0 Å². The van der Waals surface area contributed by atoms with Crippen LogP contribution in [0.1, 0.15) is 36.5 Å². The van der Waals surface area contributed by atoms with Gasteiger partial charge in [-0.3, -0.25) is 0 Å². The molecule has 0 amide bonds. The number of fused-ring (bicyclic) bond motifs is 3. The van der Waals surface area contributed by atoms with Crippen LogP contribution in [0.25, 0.3) is 22.1 Å². The van der Waals surface area contributed by atoms with Crippen molar-refractivity contribution in [1.29, 1.82) is 0 Å². The van der Waals surface area contributed by atoms with E-state index >= 15 is 0 Å². The highest BCUT2D eigenvalue weighted by molar-refractivity contribution is 6.04. The lowest BCUT2D eigenvalue weighted by Gasteiger charge is -2.11. The van der Waals surface area contributed by atoms with E-state index in [1.54, 1.807) is 13.3 Å². The first-order valence-corrected chi connectivity index (χ1v) is 12.4. The molecule has 0 saturated carbocycles. The molecule has 0 radical (unpaired) electrons. The maximum Gasteiger partial charge on any atom is 0.265 e. The molecule has 0 aliphatic heterocycles. The predicted molar refractivity (Wildman–Crippen MR) is 147 cm³/mol. The van der Waals surface area contributed by atoms with Crippen molar-refractivity contribution in [3.63, 3.8) is 0 Å². The summed E-state index contributed by atoms with van der Waals surface area (Å²) in [4.78, 5) is 4.72. The van der Waals surface area contributed by atoms with Crippen molar-refractivity contribution < 1.29 is 9.47 Å². The summed E-state index contributed by atoms with van der Waals surface area (Å²) in [5, 5.41) is 14.1. The Morgan fingerprint density at radius 2 is 1.84 bits per heavy atom. The number of hydrazone groups is 1. The van der Waals surface area contributed by atoms with Gasteiger partial charge in [0, 0.05) is 11.9 Å². The first-order chi connectivity index (χ1) is 18.2. The maximum atomic E-state index is 5.97. The second kappa shape index (κ2) is 11.1. The van der Waals surface area contributed by atoms with Gasteiger partial charge in [0.25, 0.3) is 5.95 Å². The number of ether oxygens (including phenoxy) is 2. The minimum atomic E-state index is 0.342. The number of hydrogen-bond donors (Lipinski definition) is 1. The highest BCUT2D eigenvalue weighted by Gasteiger charge is 2.14. The molecule has 0 spiro atoms. The third kappa shape index (κ3) is 5.38. The van der Waals surface area contributed by atoms with Crippen LogP contribution in [0.3, 0.4) is 0 Å². The number of methoxy groups -OCH3 is 1. The van der Waals surface area contributed by atoms with Crippen LogP contribution in [-0.2, 0) is 13.2 Å². The molecular weight excluding hydrogens is 464 g/mol. The number of aromatic nitrogens is 4. The zero-order chi connectivity index (χ0) is 25.6. The molecule has 2 aromatic heterocycles. The van der Waals surface area contributed by atoms with Crippen molar-refractivity contribution >= 4 is 34.2 Å². The summed E-state index contributed by atoms with van der Waals surface area (Å²) in [6.07, 6.45) is 3.85. The number of benzene rings is 3. The minimum absolute atomic E-state index is 0.342. The molecule has 0 fully saturated rings. The summed E-state index contributed by atoms with van der Waals surface area (Å²) in [5.41, 5.74) is 8.80. The van der Waals surface area contributed by atoms with E-state index in [2.05, 4.69) is 75.5 Å². The minimum Gasteiger partial charge on any atom is -0.493 e. The van der Waals surface area contributed by atoms with Crippen LogP contribution in [0, 0.1) is 6.92 Å². The molecule has 3 aromatic carbocycles. The molecule has 8 heteroatoms. The molecule has 37 heavy (non-hydrogen) atoms. The summed E-state index contributed by atoms with van der Waals surface area (Å²) in [6, 6.07) is 22.1. The predicted octanol–water partition coefficient (Wildman–Crippen LogP) is 6.12. The molecular formula is C29H30N6O2. The van der Waals surface area contributed by atoms with Crippen molar-refractivity contribution in [3.05, 3.63) is 83.4 Å². The van der Waals surface area contributed by atoms with Gasteiger partial charge in [-0.1, -0.05) is 61.4 Å². The molecule has 0 aliphatic rings. The van der Waals surface area contributed by atoms with Gasteiger partial charge in [0.15, 0.2) is 17.1 Å². The van der Waals surface area contributed by atoms with Crippen LogP contribution in [0.4, 0.5) is 5.95 Å². The first kappa shape index (κ1) is 24.2. The van der Waals surface area contributed by atoms with Gasteiger partial charge in [0.05, 0.1) is 18.8 Å². The second-order valence-corrected chi connectivity index (χ2v) is 8.88. The third-order valence-electron chi connectivity index (χ3n) is 6.19. The van der Waals surface area contributed by atoms with Crippen molar-refractivity contribution in [2.75, 3.05) is 12.5 Å². The highest BCUT2D eigenvalue weighted by Crippen LogP contribution is 2.29. The van der Waals surface area contributed by atoms with Gasteiger partial charge in [0.1, 0.15) is 12.1 Å². The van der Waals surface area contributed by atoms with E-state index in [-0.39, 0.29) is 0 Å². The fourth-order valence-electron chi connectivity index (χ4n) is 4.19. The van der Waals surface area contributed by atoms with Crippen LogP contribution in [0.15, 0.2) is 71.8 Å². The van der Waals surface area contributed by atoms with E-state index in [0.29, 0.717) is 24.1 Å². The SMILES string of the molecule is CCCCn1c2ccccc2c2nnc(N/N=C/c3ccc(OCc4ccc(C)cc4)c(OC)c3)nc21. The van der Waals surface area contributed by atoms with Gasteiger partial charge in [0.2, 0.25) is 0 Å². The average Bonchev–Trinajstić information content (AvgIpc) is 3.24. The Morgan fingerprint density at radius 3 is 2.65 bits per heavy atom. The van der Waals surface area contributed by atoms with Crippen LogP contribution in [-0.4, -0.2) is 33.1 Å². The number of unbranched alkanes of at least 4 members (excludes halogenated alkanes) is 1.